The van der Waals surface area contributed by atoms with Crippen LogP contribution in [0, 0.1) is 6.92 Å². The highest BCUT2D eigenvalue weighted by Crippen LogP contribution is 2.14. The molecule has 9 heteroatoms. The van der Waals surface area contributed by atoms with Gasteiger partial charge in [0.25, 0.3) is 5.91 Å². The Morgan fingerprint density at radius 3 is 2.39 bits per heavy atom. The van der Waals surface area contributed by atoms with Gasteiger partial charge in [-0.25, -0.2) is 12.7 Å². The zero-order chi connectivity index (χ0) is 17.0. The zero-order valence-electron chi connectivity index (χ0n) is 13.1. The van der Waals surface area contributed by atoms with Gasteiger partial charge in [0.15, 0.2) is 0 Å². The molecule has 0 aliphatic heterocycles. The highest BCUT2D eigenvalue weighted by Gasteiger charge is 2.17. The first-order chi connectivity index (χ1) is 10.8. The maximum Gasteiger partial charge on any atom is 0.251 e. The van der Waals surface area contributed by atoms with E-state index < -0.39 is 10.0 Å². The highest BCUT2D eigenvalue weighted by molar-refractivity contribution is 7.89. The van der Waals surface area contributed by atoms with Crippen molar-refractivity contribution in [3.63, 3.8) is 0 Å². The molecular weight excluding hydrogens is 320 g/mol. The third-order valence-corrected chi connectivity index (χ3v) is 4.92. The molecule has 0 aliphatic rings. The van der Waals surface area contributed by atoms with E-state index in [9.17, 15) is 13.2 Å². The van der Waals surface area contributed by atoms with E-state index >= 15 is 0 Å². The largest absolute Gasteiger partial charge is 0.426 e. The van der Waals surface area contributed by atoms with Crippen LogP contribution in [-0.2, 0) is 16.4 Å². The van der Waals surface area contributed by atoms with E-state index in [0.717, 1.165) is 4.31 Å². The van der Waals surface area contributed by atoms with Crippen LogP contribution in [0.15, 0.2) is 33.6 Å². The summed E-state index contributed by atoms with van der Waals surface area (Å²) in [6.07, 6.45) is 0.430. The van der Waals surface area contributed by atoms with E-state index in [1.54, 1.807) is 6.92 Å². The Hall–Kier alpha value is -2.26. The molecule has 1 N–H and O–H groups in total. The molecule has 0 atom stereocenters. The van der Waals surface area contributed by atoms with Crippen LogP contribution in [0.1, 0.15) is 22.1 Å². The van der Waals surface area contributed by atoms with Gasteiger partial charge in [0, 0.05) is 39.5 Å². The van der Waals surface area contributed by atoms with Crippen molar-refractivity contribution in [1.29, 1.82) is 0 Å². The fourth-order valence-corrected chi connectivity index (χ4v) is 2.71. The molecule has 0 spiro atoms. The van der Waals surface area contributed by atoms with E-state index in [-0.39, 0.29) is 10.8 Å². The number of hydrogen-bond acceptors (Lipinski definition) is 6. The SMILES string of the molecule is Cc1nnc(CCNC(=O)c2ccc(S(=O)(=O)N(C)C)cc2)o1. The van der Waals surface area contributed by atoms with Crippen LogP contribution in [0.5, 0.6) is 0 Å². The Morgan fingerprint density at radius 2 is 1.87 bits per heavy atom. The standard InChI is InChI=1S/C14H18N4O4S/c1-10-16-17-13(22-10)8-9-15-14(19)11-4-6-12(7-5-11)23(20,21)18(2)3/h4-7H,8-9H2,1-3H3,(H,15,19). The van der Waals surface area contributed by atoms with E-state index in [2.05, 4.69) is 15.5 Å². The molecule has 124 valence electrons. The summed E-state index contributed by atoms with van der Waals surface area (Å²) in [6, 6.07) is 5.77. The van der Waals surface area contributed by atoms with Crippen LogP contribution in [0.2, 0.25) is 0 Å². The van der Waals surface area contributed by atoms with Gasteiger partial charge in [0.1, 0.15) is 0 Å². The lowest BCUT2D eigenvalue weighted by Gasteiger charge is -2.11. The Morgan fingerprint density at radius 1 is 1.22 bits per heavy atom. The first-order valence-electron chi connectivity index (χ1n) is 6.90. The highest BCUT2D eigenvalue weighted by atomic mass is 32.2. The molecule has 1 aromatic carbocycles. The molecule has 2 rings (SSSR count). The van der Waals surface area contributed by atoms with Gasteiger partial charge in [-0.15, -0.1) is 10.2 Å². The number of amides is 1. The average molecular weight is 338 g/mol. The number of hydrogen-bond donors (Lipinski definition) is 1. The molecule has 2 aromatic rings. The fourth-order valence-electron chi connectivity index (χ4n) is 1.81. The maximum atomic E-state index is 12.0. The Bertz CT molecular complexity index is 781. The molecule has 0 saturated heterocycles. The summed E-state index contributed by atoms with van der Waals surface area (Å²) in [6.45, 7) is 2.04. The van der Waals surface area contributed by atoms with Gasteiger partial charge in [0.05, 0.1) is 4.90 Å². The van der Waals surface area contributed by atoms with Crippen LogP contribution in [-0.4, -0.2) is 49.5 Å². The minimum Gasteiger partial charge on any atom is -0.426 e. The summed E-state index contributed by atoms with van der Waals surface area (Å²) < 4.78 is 30.2. The number of carbonyl (C=O) groups is 1. The third kappa shape index (κ3) is 4.14. The van der Waals surface area contributed by atoms with Crippen molar-refractivity contribution in [1.82, 2.24) is 19.8 Å². The fraction of sp³-hybridized carbons (Fsp3) is 0.357. The lowest BCUT2D eigenvalue weighted by Crippen LogP contribution is -2.26. The molecule has 0 saturated carbocycles. The molecule has 0 radical (unpaired) electrons. The van der Waals surface area contributed by atoms with Gasteiger partial charge in [-0.05, 0) is 24.3 Å². The first-order valence-corrected chi connectivity index (χ1v) is 8.34. The van der Waals surface area contributed by atoms with Crippen molar-refractivity contribution in [3.05, 3.63) is 41.6 Å². The summed E-state index contributed by atoms with van der Waals surface area (Å²) in [4.78, 5) is 12.1. The molecule has 0 unspecified atom stereocenters. The van der Waals surface area contributed by atoms with Crippen LogP contribution in [0.4, 0.5) is 0 Å². The van der Waals surface area contributed by atoms with Gasteiger partial charge in [0.2, 0.25) is 21.8 Å². The minimum atomic E-state index is -3.50. The summed E-state index contributed by atoms with van der Waals surface area (Å²) in [5.41, 5.74) is 0.379. The van der Waals surface area contributed by atoms with Crippen LogP contribution < -0.4 is 5.32 Å². The summed E-state index contributed by atoms with van der Waals surface area (Å²) in [5.74, 6) is 0.634. The lowest BCUT2D eigenvalue weighted by molar-refractivity contribution is 0.0953. The molecule has 0 fully saturated rings. The number of benzene rings is 1. The minimum absolute atomic E-state index is 0.139. The topological polar surface area (TPSA) is 105 Å². The van der Waals surface area contributed by atoms with Crippen molar-refractivity contribution in [2.24, 2.45) is 0 Å². The van der Waals surface area contributed by atoms with Crippen molar-refractivity contribution >= 4 is 15.9 Å². The van der Waals surface area contributed by atoms with E-state index in [4.69, 9.17) is 4.42 Å². The molecule has 23 heavy (non-hydrogen) atoms. The Kier molecular flexibility index (Phi) is 5.12. The molecular formula is C14H18N4O4S. The number of carbonyl (C=O) groups excluding carboxylic acids is 1. The second-order valence-electron chi connectivity index (χ2n) is 5.03. The second-order valence-corrected chi connectivity index (χ2v) is 7.18. The molecule has 1 amide bonds. The molecule has 8 nitrogen and oxygen atoms in total. The Labute approximate surface area is 134 Å². The monoisotopic (exact) mass is 338 g/mol. The van der Waals surface area contributed by atoms with Gasteiger partial charge in [-0.3, -0.25) is 4.79 Å². The number of nitrogens with zero attached hydrogens (tertiary/aromatic N) is 3. The second kappa shape index (κ2) is 6.88. The van der Waals surface area contributed by atoms with Gasteiger partial charge >= 0.3 is 0 Å². The normalized spacial score (nSPS) is 11.7. The lowest BCUT2D eigenvalue weighted by atomic mass is 10.2. The number of rotatable bonds is 6. The molecule has 1 aromatic heterocycles. The summed E-state index contributed by atoms with van der Waals surface area (Å²) in [5, 5.41) is 10.2. The van der Waals surface area contributed by atoms with Crippen molar-refractivity contribution in [2.45, 2.75) is 18.2 Å². The smallest absolute Gasteiger partial charge is 0.251 e. The van der Waals surface area contributed by atoms with E-state index in [1.165, 1.54) is 38.4 Å². The van der Waals surface area contributed by atoms with E-state index in [1.807, 2.05) is 0 Å². The predicted octanol–water partition coefficient (Wildman–Crippen LogP) is 0.601. The summed E-state index contributed by atoms with van der Waals surface area (Å²) >= 11 is 0. The number of sulfonamides is 1. The van der Waals surface area contributed by atoms with Crippen molar-refractivity contribution in [2.75, 3.05) is 20.6 Å². The molecule has 0 bridgehead atoms. The summed E-state index contributed by atoms with van der Waals surface area (Å²) in [7, 11) is -0.589. The average Bonchev–Trinajstić information content (AvgIpc) is 2.92. The zero-order valence-corrected chi connectivity index (χ0v) is 13.9. The quantitative estimate of drug-likeness (QED) is 0.827. The molecule has 1 heterocycles. The number of aryl methyl sites for hydroxylation is 1. The van der Waals surface area contributed by atoms with Gasteiger partial charge < -0.3 is 9.73 Å². The van der Waals surface area contributed by atoms with Crippen molar-refractivity contribution < 1.29 is 17.6 Å². The van der Waals surface area contributed by atoms with Crippen LogP contribution in [0.25, 0.3) is 0 Å². The van der Waals surface area contributed by atoms with Crippen molar-refractivity contribution in [3.8, 4) is 0 Å². The maximum absolute atomic E-state index is 12.0. The number of nitrogens with one attached hydrogen (secondary N) is 1. The predicted molar refractivity (Wildman–Crippen MR) is 82.4 cm³/mol. The number of aromatic nitrogens is 2. The molecule has 0 aliphatic carbocycles. The Balaban J connectivity index is 1.95. The van der Waals surface area contributed by atoms with E-state index in [0.29, 0.717) is 30.3 Å². The van der Waals surface area contributed by atoms with Crippen LogP contribution >= 0.6 is 0 Å². The van der Waals surface area contributed by atoms with Crippen LogP contribution in [0.3, 0.4) is 0 Å². The third-order valence-electron chi connectivity index (χ3n) is 3.09. The van der Waals surface area contributed by atoms with Gasteiger partial charge in [-0.1, -0.05) is 0 Å². The van der Waals surface area contributed by atoms with Gasteiger partial charge in [-0.2, -0.15) is 0 Å². The first kappa shape index (κ1) is 17.1.